The van der Waals surface area contributed by atoms with Gasteiger partial charge in [0.25, 0.3) is 5.91 Å². The summed E-state index contributed by atoms with van der Waals surface area (Å²) in [5.74, 6) is -3.12. The van der Waals surface area contributed by atoms with Gasteiger partial charge in [0.05, 0.1) is 5.56 Å². The molecule has 10 heteroatoms. The van der Waals surface area contributed by atoms with Gasteiger partial charge in [0, 0.05) is 24.3 Å². The molecule has 3 aromatic rings. The second-order valence-electron chi connectivity index (χ2n) is 6.92. The van der Waals surface area contributed by atoms with E-state index in [1.807, 2.05) is 19.0 Å². The summed E-state index contributed by atoms with van der Waals surface area (Å²) < 4.78 is 27.8. The zero-order valence-corrected chi connectivity index (χ0v) is 17.7. The van der Waals surface area contributed by atoms with Crippen molar-refractivity contribution in [2.75, 3.05) is 38.2 Å². The van der Waals surface area contributed by atoms with E-state index in [0.29, 0.717) is 17.8 Å². The van der Waals surface area contributed by atoms with Crippen LogP contribution in [0.25, 0.3) is 0 Å². The second-order valence-corrected chi connectivity index (χ2v) is 7.92. The average Bonchev–Trinajstić information content (AvgIpc) is 3.08. The predicted octanol–water partition coefficient (Wildman–Crippen LogP) is 3.27. The third-order valence-electron chi connectivity index (χ3n) is 4.29. The fraction of sp³-hybridized carbons (Fsp3) is 0.190. The molecule has 2 aromatic carbocycles. The van der Waals surface area contributed by atoms with E-state index in [9.17, 15) is 18.4 Å². The molecule has 0 unspecified atom stereocenters. The summed E-state index contributed by atoms with van der Waals surface area (Å²) in [6.45, 7) is 1.26. The van der Waals surface area contributed by atoms with Crippen molar-refractivity contribution in [3.05, 3.63) is 70.1 Å². The molecule has 0 bridgehead atoms. The fourth-order valence-electron chi connectivity index (χ4n) is 2.70. The Morgan fingerprint density at radius 1 is 1.10 bits per heavy atom. The van der Waals surface area contributed by atoms with Gasteiger partial charge < -0.3 is 21.3 Å². The second kappa shape index (κ2) is 9.63. The number of nitrogens with one attached hydrogen (secondary N) is 2. The Labute approximate surface area is 181 Å². The molecule has 0 fully saturated rings. The summed E-state index contributed by atoms with van der Waals surface area (Å²) in [5.41, 5.74) is 6.23. The van der Waals surface area contributed by atoms with Crippen LogP contribution in [0.5, 0.6) is 0 Å². The van der Waals surface area contributed by atoms with E-state index in [1.54, 1.807) is 24.3 Å². The number of benzene rings is 2. The Morgan fingerprint density at radius 2 is 1.74 bits per heavy atom. The van der Waals surface area contributed by atoms with Crippen molar-refractivity contribution < 1.29 is 18.4 Å². The molecule has 31 heavy (non-hydrogen) atoms. The van der Waals surface area contributed by atoms with Crippen LogP contribution in [0.1, 0.15) is 25.6 Å². The molecule has 3 rings (SSSR count). The number of ketones is 1. The van der Waals surface area contributed by atoms with Crippen LogP contribution in [0.4, 0.5) is 25.4 Å². The molecule has 7 nitrogen and oxygen atoms in total. The number of hydrogen-bond donors (Lipinski definition) is 3. The molecule has 0 aliphatic carbocycles. The van der Waals surface area contributed by atoms with E-state index < -0.39 is 23.0 Å². The predicted molar refractivity (Wildman–Crippen MR) is 117 cm³/mol. The molecule has 0 radical (unpaired) electrons. The Hall–Kier alpha value is -3.37. The quantitative estimate of drug-likeness (QED) is 0.460. The van der Waals surface area contributed by atoms with Gasteiger partial charge >= 0.3 is 0 Å². The summed E-state index contributed by atoms with van der Waals surface area (Å²) >= 11 is 0.885. The number of thiazole rings is 1. The van der Waals surface area contributed by atoms with Crippen molar-refractivity contribution >= 4 is 39.7 Å². The molecule has 0 aliphatic rings. The van der Waals surface area contributed by atoms with Gasteiger partial charge in [-0.3, -0.25) is 9.59 Å². The van der Waals surface area contributed by atoms with Crippen LogP contribution in [0.15, 0.2) is 42.5 Å². The monoisotopic (exact) mass is 445 g/mol. The lowest BCUT2D eigenvalue weighted by Crippen LogP contribution is -2.31. The minimum absolute atomic E-state index is 0.0663. The minimum Gasteiger partial charge on any atom is -0.382 e. The zero-order chi connectivity index (χ0) is 22.5. The summed E-state index contributed by atoms with van der Waals surface area (Å²) in [6.07, 6.45) is 0. The molecule has 0 aliphatic heterocycles. The number of halogens is 2. The number of amides is 1. The molecule has 1 aromatic heterocycles. The van der Waals surface area contributed by atoms with Gasteiger partial charge in [-0.05, 0) is 50.5 Å². The van der Waals surface area contributed by atoms with Gasteiger partial charge in [-0.1, -0.05) is 17.4 Å². The molecular formula is C21H21F2N5O2S. The molecule has 0 atom stereocenters. The van der Waals surface area contributed by atoms with Crippen molar-refractivity contribution in [2.45, 2.75) is 0 Å². The number of carbonyl (C=O) groups is 2. The SMILES string of the molecule is CN(C)CCNC(=O)c1ccc(Nc2nc(N)c(C(=O)c3c(F)cccc3F)s2)cc1. The van der Waals surface area contributed by atoms with Crippen LogP contribution in [0.3, 0.4) is 0 Å². The highest BCUT2D eigenvalue weighted by atomic mass is 32.1. The van der Waals surface area contributed by atoms with E-state index in [4.69, 9.17) is 5.73 Å². The third kappa shape index (κ3) is 5.41. The average molecular weight is 445 g/mol. The van der Waals surface area contributed by atoms with E-state index in [0.717, 1.165) is 30.0 Å². The lowest BCUT2D eigenvalue weighted by molar-refractivity contribution is 0.0950. The maximum atomic E-state index is 13.9. The highest BCUT2D eigenvalue weighted by Crippen LogP contribution is 2.31. The van der Waals surface area contributed by atoms with Gasteiger partial charge in [-0.2, -0.15) is 0 Å². The molecule has 0 saturated heterocycles. The number of rotatable bonds is 8. The zero-order valence-electron chi connectivity index (χ0n) is 16.9. The Balaban J connectivity index is 1.70. The maximum Gasteiger partial charge on any atom is 0.251 e. The summed E-state index contributed by atoms with van der Waals surface area (Å²) in [4.78, 5) is 30.7. The Bertz CT molecular complexity index is 1080. The number of anilines is 3. The largest absolute Gasteiger partial charge is 0.382 e. The standard InChI is InChI=1S/C21H21F2N5O2S/c1-28(2)11-10-25-20(30)12-6-8-13(9-7-12)26-21-27-19(24)18(31-21)17(29)16-14(22)4-3-5-15(16)23/h3-9H,10-11,24H2,1-2H3,(H,25,30)(H,26,27). The number of carbonyl (C=O) groups excluding carboxylic acids is 2. The van der Waals surface area contributed by atoms with Gasteiger partial charge in [0.2, 0.25) is 5.78 Å². The van der Waals surface area contributed by atoms with Crippen LogP contribution < -0.4 is 16.4 Å². The highest BCUT2D eigenvalue weighted by molar-refractivity contribution is 7.18. The molecule has 1 amide bonds. The number of nitrogens with zero attached hydrogens (tertiary/aromatic N) is 2. The van der Waals surface area contributed by atoms with Gasteiger partial charge in [0.15, 0.2) is 5.13 Å². The molecule has 0 saturated carbocycles. The fourth-order valence-corrected chi connectivity index (χ4v) is 3.55. The normalized spacial score (nSPS) is 10.9. The van der Waals surface area contributed by atoms with Gasteiger partial charge in [-0.15, -0.1) is 0 Å². The lowest BCUT2D eigenvalue weighted by atomic mass is 10.1. The number of nitrogen functional groups attached to an aromatic ring is 1. The van der Waals surface area contributed by atoms with Crippen molar-refractivity contribution in [2.24, 2.45) is 0 Å². The van der Waals surface area contributed by atoms with Crippen LogP contribution in [0.2, 0.25) is 0 Å². The van der Waals surface area contributed by atoms with E-state index in [2.05, 4.69) is 15.6 Å². The molecule has 162 valence electrons. The third-order valence-corrected chi connectivity index (χ3v) is 5.28. The first kappa shape index (κ1) is 22.3. The summed E-state index contributed by atoms with van der Waals surface area (Å²) in [6, 6.07) is 9.83. The van der Waals surface area contributed by atoms with E-state index in [-0.39, 0.29) is 21.7 Å². The van der Waals surface area contributed by atoms with Crippen LogP contribution in [-0.2, 0) is 0 Å². The Morgan fingerprint density at radius 3 is 2.35 bits per heavy atom. The van der Waals surface area contributed by atoms with Crippen molar-refractivity contribution in [3.63, 3.8) is 0 Å². The van der Waals surface area contributed by atoms with Gasteiger partial charge in [0.1, 0.15) is 22.3 Å². The molecule has 0 spiro atoms. The topological polar surface area (TPSA) is 100 Å². The number of aromatic nitrogens is 1. The molecular weight excluding hydrogens is 424 g/mol. The number of likely N-dealkylation sites (N-methyl/N-ethyl adjacent to an activating group) is 1. The first-order chi connectivity index (χ1) is 14.8. The van der Waals surface area contributed by atoms with E-state index >= 15 is 0 Å². The number of hydrogen-bond acceptors (Lipinski definition) is 7. The molecule has 1 heterocycles. The van der Waals surface area contributed by atoms with Crippen molar-refractivity contribution in [3.8, 4) is 0 Å². The first-order valence-electron chi connectivity index (χ1n) is 9.31. The number of nitrogens with two attached hydrogens (primary N) is 1. The maximum absolute atomic E-state index is 13.9. The summed E-state index contributed by atoms with van der Waals surface area (Å²) in [5, 5.41) is 6.07. The lowest BCUT2D eigenvalue weighted by Gasteiger charge is -2.10. The minimum atomic E-state index is -0.966. The smallest absolute Gasteiger partial charge is 0.251 e. The Kier molecular flexibility index (Phi) is 6.93. The van der Waals surface area contributed by atoms with Gasteiger partial charge in [-0.25, -0.2) is 13.8 Å². The van der Waals surface area contributed by atoms with Crippen LogP contribution >= 0.6 is 11.3 Å². The molecule has 4 N–H and O–H groups in total. The van der Waals surface area contributed by atoms with Crippen molar-refractivity contribution in [1.82, 2.24) is 15.2 Å². The van der Waals surface area contributed by atoms with Crippen LogP contribution in [-0.4, -0.2) is 48.8 Å². The van der Waals surface area contributed by atoms with Crippen molar-refractivity contribution in [1.29, 1.82) is 0 Å². The first-order valence-corrected chi connectivity index (χ1v) is 10.1. The summed E-state index contributed by atoms with van der Waals surface area (Å²) in [7, 11) is 3.84. The van der Waals surface area contributed by atoms with Crippen LogP contribution in [0, 0.1) is 11.6 Å². The highest BCUT2D eigenvalue weighted by Gasteiger charge is 2.24. The van der Waals surface area contributed by atoms with E-state index in [1.165, 1.54) is 6.07 Å².